The Labute approximate surface area is 145 Å². The molecule has 2 aromatic carbocycles. The summed E-state index contributed by atoms with van der Waals surface area (Å²) in [7, 11) is 0. The monoisotopic (exact) mass is 428 g/mol. The third kappa shape index (κ3) is 3.17. The topological polar surface area (TPSA) is 55.1 Å². The molecule has 3 N–H and O–H groups in total. The minimum absolute atomic E-state index is 0.290. The van der Waals surface area contributed by atoms with Crippen molar-refractivity contribution in [1.29, 1.82) is 0 Å². The van der Waals surface area contributed by atoms with Crippen molar-refractivity contribution in [3.63, 3.8) is 0 Å². The zero-order valence-corrected chi connectivity index (χ0v) is 15.3. The van der Waals surface area contributed by atoms with E-state index in [-0.39, 0.29) is 11.7 Å². The summed E-state index contributed by atoms with van der Waals surface area (Å²) in [6.07, 6.45) is 0.706. The van der Waals surface area contributed by atoms with E-state index in [1.807, 2.05) is 13.8 Å². The highest BCUT2D eigenvalue weighted by Gasteiger charge is 2.18. The maximum Gasteiger partial charge on any atom is 0.255 e. The summed E-state index contributed by atoms with van der Waals surface area (Å²) in [5.41, 5.74) is 9.53. The van der Waals surface area contributed by atoms with Crippen LogP contribution in [0.5, 0.6) is 0 Å². The first-order chi connectivity index (χ1) is 10.4. The Bertz CT molecular complexity index is 730. The molecule has 1 amide bonds. The number of hydrogen-bond acceptors (Lipinski definition) is 2. The molecule has 0 aliphatic heterocycles. The standard InChI is InChI=1S/C16H15Br2FN2O/c1-3-11-13(18)14(20)12(17)8(2)15(11)21-16(22)9-4-6-10(19)7-5-9/h4-7H,3,20H2,1-2H3,(H,21,22). The molecule has 0 aliphatic rings. The van der Waals surface area contributed by atoms with E-state index in [4.69, 9.17) is 5.73 Å². The summed E-state index contributed by atoms with van der Waals surface area (Å²) >= 11 is 6.92. The van der Waals surface area contributed by atoms with Crippen molar-refractivity contribution in [3.8, 4) is 0 Å². The van der Waals surface area contributed by atoms with Crippen LogP contribution in [0.1, 0.15) is 28.4 Å². The molecular weight excluding hydrogens is 415 g/mol. The number of anilines is 2. The number of carbonyl (C=O) groups is 1. The summed E-state index contributed by atoms with van der Waals surface area (Å²) in [5, 5.41) is 2.90. The third-order valence-electron chi connectivity index (χ3n) is 3.44. The largest absolute Gasteiger partial charge is 0.397 e. The lowest BCUT2D eigenvalue weighted by Gasteiger charge is -2.18. The molecule has 0 atom stereocenters. The first-order valence-electron chi connectivity index (χ1n) is 6.69. The highest BCUT2D eigenvalue weighted by Crippen LogP contribution is 2.40. The van der Waals surface area contributed by atoms with E-state index in [2.05, 4.69) is 37.2 Å². The van der Waals surface area contributed by atoms with Gasteiger partial charge in [0, 0.05) is 20.2 Å². The van der Waals surface area contributed by atoms with Crippen LogP contribution in [0.25, 0.3) is 0 Å². The molecule has 116 valence electrons. The van der Waals surface area contributed by atoms with Gasteiger partial charge in [-0.2, -0.15) is 0 Å². The van der Waals surface area contributed by atoms with Crippen LogP contribution in [0.2, 0.25) is 0 Å². The van der Waals surface area contributed by atoms with E-state index in [1.165, 1.54) is 24.3 Å². The fourth-order valence-electron chi connectivity index (χ4n) is 2.19. The normalized spacial score (nSPS) is 10.6. The lowest BCUT2D eigenvalue weighted by Crippen LogP contribution is -2.15. The number of nitrogens with one attached hydrogen (secondary N) is 1. The van der Waals surface area contributed by atoms with Crippen LogP contribution in [-0.2, 0) is 6.42 Å². The van der Waals surface area contributed by atoms with Crippen LogP contribution in [0.3, 0.4) is 0 Å². The van der Waals surface area contributed by atoms with Crippen molar-refractivity contribution in [2.45, 2.75) is 20.3 Å². The first kappa shape index (κ1) is 17.0. The molecule has 22 heavy (non-hydrogen) atoms. The van der Waals surface area contributed by atoms with E-state index < -0.39 is 0 Å². The molecule has 0 aliphatic carbocycles. The Balaban J connectivity index is 2.45. The molecule has 0 fully saturated rings. The lowest BCUT2D eigenvalue weighted by atomic mass is 10.0. The molecule has 6 heteroatoms. The molecule has 0 saturated carbocycles. The predicted octanol–water partition coefficient (Wildman–Crippen LogP) is 5.06. The van der Waals surface area contributed by atoms with Crippen LogP contribution < -0.4 is 11.1 Å². The van der Waals surface area contributed by atoms with E-state index in [0.29, 0.717) is 23.4 Å². The average Bonchev–Trinajstić information content (AvgIpc) is 2.51. The number of benzene rings is 2. The van der Waals surface area contributed by atoms with Crippen LogP contribution in [0, 0.1) is 12.7 Å². The molecule has 0 unspecified atom stereocenters. The van der Waals surface area contributed by atoms with Crippen molar-refractivity contribution in [1.82, 2.24) is 0 Å². The SMILES string of the molecule is CCc1c(Br)c(N)c(Br)c(C)c1NC(=O)c1ccc(F)cc1. The minimum atomic E-state index is -0.375. The van der Waals surface area contributed by atoms with E-state index >= 15 is 0 Å². The van der Waals surface area contributed by atoms with Gasteiger partial charge in [-0.25, -0.2) is 4.39 Å². The van der Waals surface area contributed by atoms with Crippen molar-refractivity contribution in [2.24, 2.45) is 0 Å². The van der Waals surface area contributed by atoms with Gasteiger partial charge in [-0.1, -0.05) is 6.92 Å². The molecule has 0 aromatic heterocycles. The number of amides is 1. The van der Waals surface area contributed by atoms with Gasteiger partial charge in [0.2, 0.25) is 0 Å². The van der Waals surface area contributed by atoms with Crippen LogP contribution in [0.15, 0.2) is 33.2 Å². The van der Waals surface area contributed by atoms with Gasteiger partial charge >= 0.3 is 0 Å². The molecule has 0 spiro atoms. The van der Waals surface area contributed by atoms with Crippen molar-refractivity contribution < 1.29 is 9.18 Å². The maximum atomic E-state index is 13.0. The highest BCUT2D eigenvalue weighted by atomic mass is 79.9. The first-order valence-corrected chi connectivity index (χ1v) is 8.28. The number of nitrogen functional groups attached to an aromatic ring is 1. The second-order valence-corrected chi connectivity index (χ2v) is 6.42. The van der Waals surface area contributed by atoms with Crippen molar-refractivity contribution in [3.05, 3.63) is 55.7 Å². The minimum Gasteiger partial charge on any atom is -0.397 e. The third-order valence-corrected chi connectivity index (χ3v) is 5.37. The average molecular weight is 430 g/mol. The number of hydrogen-bond donors (Lipinski definition) is 2. The van der Waals surface area contributed by atoms with Crippen molar-refractivity contribution in [2.75, 3.05) is 11.1 Å². The Kier molecular flexibility index (Phi) is 5.24. The van der Waals surface area contributed by atoms with Gasteiger partial charge in [-0.3, -0.25) is 4.79 Å². The fraction of sp³-hybridized carbons (Fsp3) is 0.188. The van der Waals surface area contributed by atoms with E-state index in [0.717, 1.165) is 20.1 Å². The zero-order valence-electron chi connectivity index (χ0n) is 12.1. The molecule has 0 heterocycles. The molecular formula is C16H15Br2FN2O. The summed E-state index contributed by atoms with van der Waals surface area (Å²) in [6.45, 7) is 3.87. The van der Waals surface area contributed by atoms with Crippen molar-refractivity contribution >= 4 is 49.1 Å². The molecule has 2 aromatic rings. The zero-order chi connectivity index (χ0) is 16.4. The summed E-state index contributed by atoms with van der Waals surface area (Å²) in [5.74, 6) is -0.665. The van der Waals surface area contributed by atoms with Gasteiger partial charge in [0.05, 0.1) is 5.69 Å². The molecule has 3 nitrogen and oxygen atoms in total. The second kappa shape index (κ2) is 6.79. The smallest absolute Gasteiger partial charge is 0.255 e. The highest BCUT2D eigenvalue weighted by molar-refractivity contribution is 9.11. The Morgan fingerprint density at radius 1 is 1.23 bits per heavy atom. The molecule has 0 saturated heterocycles. The summed E-state index contributed by atoms with van der Waals surface area (Å²) in [6, 6.07) is 5.43. The van der Waals surface area contributed by atoms with Gasteiger partial charge < -0.3 is 11.1 Å². The number of rotatable bonds is 3. The Morgan fingerprint density at radius 3 is 2.36 bits per heavy atom. The van der Waals surface area contributed by atoms with Gasteiger partial charge in [0.1, 0.15) is 5.82 Å². The predicted molar refractivity (Wildman–Crippen MR) is 94.7 cm³/mol. The Hall–Kier alpha value is -1.40. The molecule has 0 radical (unpaired) electrons. The van der Waals surface area contributed by atoms with E-state index in [1.54, 1.807) is 0 Å². The van der Waals surface area contributed by atoms with Gasteiger partial charge in [0.15, 0.2) is 0 Å². The summed E-state index contributed by atoms with van der Waals surface area (Å²) in [4.78, 5) is 12.4. The van der Waals surface area contributed by atoms with Gasteiger partial charge in [-0.05, 0) is 80.6 Å². The second-order valence-electron chi connectivity index (χ2n) is 4.83. The van der Waals surface area contributed by atoms with Crippen LogP contribution in [-0.4, -0.2) is 5.91 Å². The quantitative estimate of drug-likeness (QED) is 0.670. The Morgan fingerprint density at radius 2 is 1.82 bits per heavy atom. The van der Waals surface area contributed by atoms with Crippen LogP contribution in [0.4, 0.5) is 15.8 Å². The van der Waals surface area contributed by atoms with Crippen LogP contribution >= 0.6 is 31.9 Å². The lowest BCUT2D eigenvalue weighted by molar-refractivity contribution is 0.102. The number of halogens is 3. The number of nitrogens with two attached hydrogens (primary N) is 1. The number of carbonyl (C=O) groups excluding carboxylic acids is 1. The molecule has 0 bridgehead atoms. The fourth-order valence-corrected chi connectivity index (χ4v) is 3.53. The molecule has 2 rings (SSSR count). The maximum absolute atomic E-state index is 13.0. The van der Waals surface area contributed by atoms with Gasteiger partial charge in [0.25, 0.3) is 5.91 Å². The summed E-state index contributed by atoms with van der Waals surface area (Å²) < 4.78 is 14.5. The van der Waals surface area contributed by atoms with E-state index in [9.17, 15) is 9.18 Å². The van der Waals surface area contributed by atoms with Gasteiger partial charge in [-0.15, -0.1) is 0 Å².